The lowest BCUT2D eigenvalue weighted by Crippen LogP contribution is -2.17. The number of thiazole rings is 1. The normalized spacial score (nSPS) is 11.3. The highest BCUT2D eigenvalue weighted by molar-refractivity contribution is 8.00. The number of aromatic nitrogens is 1. The molecular weight excluding hydrogens is 406 g/mol. The number of hydrazone groups is 1. The third kappa shape index (κ3) is 4.49. The molecule has 4 aromatic rings. The maximum atomic E-state index is 12.2. The number of hydrogen-bond acceptors (Lipinski definition) is 6. The number of carbonyl (C=O) groups is 1. The number of amides is 1. The number of nitrogens with one attached hydrogen (secondary N) is 1. The van der Waals surface area contributed by atoms with Crippen molar-refractivity contribution in [1.82, 2.24) is 10.4 Å². The van der Waals surface area contributed by atoms with E-state index in [9.17, 15) is 4.79 Å². The van der Waals surface area contributed by atoms with Crippen molar-refractivity contribution in [2.45, 2.75) is 17.0 Å². The van der Waals surface area contributed by atoms with Crippen molar-refractivity contribution in [2.24, 2.45) is 5.10 Å². The summed E-state index contributed by atoms with van der Waals surface area (Å²) in [5.41, 5.74) is 6.52. The Morgan fingerprint density at radius 1 is 1.18 bits per heavy atom. The van der Waals surface area contributed by atoms with Gasteiger partial charge in [0.25, 0.3) is 5.91 Å². The van der Waals surface area contributed by atoms with E-state index in [1.165, 1.54) is 4.70 Å². The van der Waals surface area contributed by atoms with Crippen molar-refractivity contribution in [3.05, 3.63) is 81.5 Å². The molecule has 1 N–H and O–H groups in total. The molecular formula is C21H17N3OS3. The average molecular weight is 424 g/mol. The minimum Gasteiger partial charge on any atom is -0.267 e. The lowest BCUT2D eigenvalue weighted by molar-refractivity contribution is 0.0955. The van der Waals surface area contributed by atoms with Crippen molar-refractivity contribution in [3.8, 4) is 0 Å². The fraction of sp³-hybridized carbons (Fsp3) is 0.0952. The summed E-state index contributed by atoms with van der Waals surface area (Å²) in [7, 11) is 0. The molecule has 0 saturated carbocycles. The molecule has 0 aliphatic heterocycles. The molecule has 0 aliphatic carbocycles. The van der Waals surface area contributed by atoms with Crippen LogP contribution in [0.4, 0.5) is 0 Å². The first-order chi connectivity index (χ1) is 13.7. The zero-order valence-electron chi connectivity index (χ0n) is 15.1. The molecule has 0 saturated heterocycles. The molecule has 2 heterocycles. The molecule has 2 aromatic heterocycles. The van der Waals surface area contributed by atoms with Crippen molar-refractivity contribution >= 4 is 56.8 Å². The molecule has 1 amide bonds. The summed E-state index contributed by atoms with van der Waals surface area (Å²) in [6, 6.07) is 17.8. The zero-order valence-corrected chi connectivity index (χ0v) is 17.5. The SMILES string of the molecule is Cc1ccsc1/C=N/NC(=O)c1ccc(CSc2nc3ccccc3s2)cc1. The Kier molecular flexibility index (Phi) is 5.85. The van der Waals surface area contributed by atoms with E-state index in [1.54, 1.807) is 40.7 Å². The monoisotopic (exact) mass is 423 g/mol. The highest BCUT2D eigenvalue weighted by Gasteiger charge is 2.07. The summed E-state index contributed by atoms with van der Waals surface area (Å²) in [4.78, 5) is 17.9. The highest BCUT2D eigenvalue weighted by atomic mass is 32.2. The third-order valence-corrected chi connectivity index (χ3v) is 7.31. The Morgan fingerprint density at radius 2 is 2.00 bits per heavy atom. The van der Waals surface area contributed by atoms with Crippen LogP contribution in [0.5, 0.6) is 0 Å². The van der Waals surface area contributed by atoms with E-state index in [0.717, 1.165) is 31.6 Å². The number of thiophene rings is 1. The van der Waals surface area contributed by atoms with Gasteiger partial charge in [0.2, 0.25) is 0 Å². The largest absolute Gasteiger partial charge is 0.271 e. The summed E-state index contributed by atoms with van der Waals surface area (Å²) in [6.07, 6.45) is 1.68. The number of thioether (sulfide) groups is 1. The summed E-state index contributed by atoms with van der Waals surface area (Å²) in [6.45, 7) is 2.02. The smallest absolute Gasteiger partial charge is 0.267 e. The van der Waals surface area contributed by atoms with Crippen LogP contribution in [0, 0.1) is 6.92 Å². The first kappa shape index (κ1) is 18.9. The van der Waals surface area contributed by atoms with Gasteiger partial charge in [-0.3, -0.25) is 4.79 Å². The molecule has 0 aliphatic rings. The number of rotatable bonds is 6. The molecule has 0 bridgehead atoms. The van der Waals surface area contributed by atoms with Crippen LogP contribution in [0.1, 0.15) is 26.4 Å². The molecule has 4 nitrogen and oxygen atoms in total. The van der Waals surface area contributed by atoms with Gasteiger partial charge in [0.15, 0.2) is 4.34 Å². The predicted octanol–water partition coefficient (Wildman–Crippen LogP) is 5.72. The Bertz CT molecular complexity index is 1100. The van der Waals surface area contributed by atoms with Crippen LogP contribution in [0.3, 0.4) is 0 Å². The van der Waals surface area contributed by atoms with Crippen LogP contribution in [-0.4, -0.2) is 17.1 Å². The molecule has 4 rings (SSSR count). The maximum Gasteiger partial charge on any atom is 0.271 e. The average Bonchev–Trinajstić information content (AvgIpc) is 3.32. The Labute approximate surface area is 175 Å². The van der Waals surface area contributed by atoms with E-state index in [1.807, 2.05) is 60.8 Å². The van der Waals surface area contributed by atoms with Gasteiger partial charge in [-0.25, -0.2) is 10.4 Å². The summed E-state index contributed by atoms with van der Waals surface area (Å²) < 4.78 is 2.26. The molecule has 0 atom stereocenters. The van der Waals surface area contributed by atoms with E-state index in [2.05, 4.69) is 21.6 Å². The van der Waals surface area contributed by atoms with Gasteiger partial charge in [-0.1, -0.05) is 36.0 Å². The van der Waals surface area contributed by atoms with Crippen LogP contribution < -0.4 is 5.43 Å². The first-order valence-corrected chi connectivity index (χ1v) is 11.3. The van der Waals surface area contributed by atoms with Crippen molar-refractivity contribution in [3.63, 3.8) is 0 Å². The number of fused-ring (bicyclic) bond motifs is 1. The van der Waals surface area contributed by atoms with Crippen LogP contribution in [0.15, 0.2) is 69.4 Å². The quantitative estimate of drug-likeness (QED) is 0.245. The number of benzene rings is 2. The number of hydrogen-bond donors (Lipinski definition) is 1. The summed E-state index contributed by atoms with van der Waals surface area (Å²) in [5.74, 6) is 0.605. The second kappa shape index (κ2) is 8.68. The lowest BCUT2D eigenvalue weighted by atomic mass is 10.1. The number of nitrogens with zero attached hydrogens (tertiary/aromatic N) is 2. The van der Waals surface area contributed by atoms with Crippen molar-refractivity contribution in [2.75, 3.05) is 0 Å². The predicted molar refractivity (Wildman–Crippen MR) is 120 cm³/mol. The molecule has 0 fully saturated rings. The Hall–Kier alpha value is -2.48. The van der Waals surface area contributed by atoms with E-state index >= 15 is 0 Å². The van der Waals surface area contributed by atoms with Gasteiger partial charge in [0.1, 0.15) is 0 Å². The van der Waals surface area contributed by atoms with Gasteiger partial charge >= 0.3 is 0 Å². The van der Waals surface area contributed by atoms with Gasteiger partial charge < -0.3 is 0 Å². The Balaban J connectivity index is 1.33. The second-order valence-electron chi connectivity index (χ2n) is 6.10. The van der Waals surface area contributed by atoms with Gasteiger partial charge in [-0.05, 0) is 53.8 Å². The number of carbonyl (C=O) groups excluding carboxylic acids is 1. The minimum atomic E-state index is -0.212. The zero-order chi connectivity index (χ0) is 19.3. The molecule has 0 spiro atoms. The van der Waals surface area contributed by atoms with Crippen LogP contribution in [-0.2, 0) is 5.75 Å². The standard InChI is InChI=1S/C21H17N3OS3/c1-14-10-11-26-19(14)12-22-24-20(25)16-8-6-15(7-9-16)13-27-21-23-17-4-2-3-5-18(17)28-21/h2-12H,13H2,1H3,(H,24,25)/b22-12+. The molecule has 0 unspecified atom stereocenters. The Morgan fingerprint density at radius 3 is 2.75 bits per heavy atom. The lowest BCUT2D eigenvalue weighted by Gasteiger charge is -2.02. The van der Waals surface area contributed by atoms with Gasteiger partial charge in [-0.15, -0.1) is 22.7 Å². The van der Waals surface area contributed by atoms with Gasteiger partial charge in [0.05, 0.1) is 16.4 Å². The van der Waals surface area contributed by atoms with E-state index < -0.39 is 0 Å². The van der Waals surface area contributed by atoms with E-state index in [-0.39, 0.29) is 5.91 Å². The van der Waals surface area contributed by atoms with Crippen molar-refractivity contribution in [1.29, 1.82) is 0 Å². The van der Waals surface area contributed by atoms with E-state index in [0.29, 0.717) is 5.56 Å². The van der Waals surface area contributed by atoms with E-state index in [4.69, 9.17) is 0 Å². The first-order valence-electron chi connectivity index (χ1n) is 8.64. The second-order valence-corrected chi connectivity index (χ2v) is 9.30. The van der Waals surface area contributed by atoms with Gasteiger partial charge in [-0.2, -0.15) is 5.10 Å². The number of aryl methyl sites for hydroxylation is 1. The van der Waals surface area contributed by atoms with Gasteiger partial charge in [0, 0.05) is 16.2 Å². The maximum absolute atomic E-state index is 12.2. The molecule has 140 valence electrons. The molecule has 28 heavy (non-hydrogen) atoms. The molecule has 0 radical (unpaired) electrons. The summed E-state index contributed by atoms with van der Waals surface area (Å²) >= 11 is 5.01. The fourth-order valence-electron chi connectivity index (χ4n) is 2.54. The van der Waals surface area contributed by atoms with Crippen LogP contribution in [0.25, 0.3) is 10.2 Å². The number of para-hydroxylation sites is 1. The minimum absolute atomic E-state index is 0.212. The van der Waals surface area contributed by atoms with Crippen LogP contribution in [0.2, 0.25) is 0 Å². The molecule has 2 aromatic carbocycles. The van der Waals surface area contributed by atoms with Crippen LogP contribution >= 0.6 is 34.4 Å². The summed E-state index contributed by atoms with van der Waals surface area (Å²) in [5, 5.41) is 6.05. The van der Waals surface area contributed by atoms with Crippen molar-refractivity contribution < 1.29 is 4.79 Å². The topological polar surface area (TPSA) is 54.4 Å². The highest BCUT2D eigenvalue weighted by Crippen LogP contribution is 2.31. The fourth-order valence-corrected chi connectivity index (χ4v) is 5.35. The molecule has 7 heteroatoms. The third-order valence-electron chi connectivity index (χ3n) is 4.10.